The molecule has 2 aromatic rings. The second-order valence-corrected chi connectivity index (χ2v) is 5.96. The van der Waals surface area contributed by atoms with E-state index < -0.39 is 0 Å². The average Bonchev–Trinajstić information content (AvgIpc) is 2.87. The molecule has 0 spiro atoms. The Kier molecular flexibility index (Phi) is 5.27. The highest BCUT2D eigenvalue weighted by Gasteiger charge is 2.14. The molecule has 1 amide bonds. The minimum absolute atomic E-state index is 0.162. The summed E-state index contributed by atoms with van der Waals surface area (Å²) in [4.78, 5) is 16.4. The number of fused-ring (bicyclic) bond motifs is 1. The lowest BCUT2D eigenvalue weighted by molar-refractivity contribution is -0.121. The molecule has 1 aromatic carbocycles. The molecule has 0 aliphatic rings. The zero-order valence-electron chi connectivity index (χ0n) is 12.5. The number of nitrogens with one attached hydrogen (secondary N) is 2. The number of carbonyl (C=O) groups is 1. The number of nitrogens with zero attached hydrogens (tertiary/aromatic N) is 2. The first-order chi connectivity index (χ1) is 10.1. The fourth-order valence-electron chi connectivity index (χ4n) is 1.85. The Morgan fingerprint density at radius 2 is 2.19 bits per heavy atom. The van der Waals surface area contributed by atoms with Crippen molar-refractivity contribution < 1.29 is 4.79 Å². The quantitative estimate of drug-likeness (QED) is 0.635. The molecule has 1 atom stereocenters. The van der Waals surface area contributed by atoms with Crippen molar-refractivity contribution in [2.45, 2.75) is 39.7 Å². The van der Waals surface area contributed by atoms with Crippen molar-refractivity contribution in [3.8, 4) is 0 Å². The van der Waals surface area contributed by atoms with E-state index in [9.17, 15) is 4.79 Å². The Bertz CT molecular complexity index is 617. The van der Waals surface area contributed by atoms with Crippen LogP contribution in [0.1, 0.15) is 33.6 Å². The molecule has 0 aliphatic heterocycles. The molecule has 0 aliphatic carbocycles. The number of aromatic nitrogens is 1. The molecule has 5 nitrogen and oxygen atoms in total. The van der Waals surface area contributed by atoms with Gasteiger partial charge < -0.3 is 5.32 Å². The first-order valence-electron chi connectivity index (χ1n) is 7.05. The molecular weight excluding hydrogens is 284 g/mol. The first kappa shape index (κ1) is 15.4. The second-order valence-electron chi connectivity index (χ2n) is 4.93. The van der Waals surface area contributed by atoms with Crippen LogP contribution in [0, 0.1) is 0 Å². The zero-order chi connectivity index (χ0) is 15.2. The van der Waals surface area contributed by atoms with E-state index in [1.54, 1.807) is 6.92 Å². The molecule has 0 saturated heterocycles. The highest BCUT2D eigenvalue weighted by Crippen LogP contribution is 2.25. The monoisotopic (exact) mass is 304 g/mol. The van der Waals surface area contributed by atoms with Gasteiger partial charge in [0.1, 0.15) is 6.04 Å². The SMILES string of the molecule is CCC/C(C)=N\NC(=O)[C@H](C)Nc1nc2ccccc2s1. The highest BCUT2D eigenvalue weighted by atomic mass is 32.1. The van der Waals surface area contributed by atoms with Gasteiger partial charge in [-0.2, -0.15) is 5.10 Å². The van der Waals surface area contributed by atoms with Crippen molar-refractivity contribution in [3.63, 3.8) is 0 Å². The molecular formula is C15H20N4OS. The number of thiazole rings is 1. The van der Waals surface area contributed by atoms with Gasteiger partial charge in [-0.1, -0.05) is 36.8 Å². The molecule has 6 heteroatoms. The van der Waals surface area contributed by atoms with Crippen LogP contribution in [0.3, 0.4) is 0 Å². The van der Waals surface area contributed by atoms with Crippen LogP contribution in [0.2, 0.25) is 0 Å². The topological polar surface area (TPSA) is 66.4 Å². The van der Waals surface area contributed by atoms with Crippen LogP contribution in [-0.2, 0) is 4.79 Å². The lowest BCUT2D eigenvalue weighted by atomic mass is 10.2. The number of rotatable bonds is 6. The van der Waals surface area contributed by atoms with Gasteiger partial charge >= 0.3 is 0 Å². The average molecular weight is 304 g/mol. The number of anilines is 1. The molecule has 0 bridgehead atoms. The van der Waals surface area contributed by atoms with Crippen molar-refractivity contribution >= 4 is 38.3 Å². The van der Waals surface area contributed by atoms with E-state index in [0.29, 0.717) is 0 Å². The maximum atomic E-state index is 12.0. The van der Waals surface area contributed by atoms with Crippen LogP contribution in [0.5, 0.6) is 0 Å². The van der Waals surface area contributed by atoms with E-state index >= 15 is 0 Å². The van der Waals surface area contributed by atoms with E-state index in [1.165, 1.54) is 11.3 Å². The number of hydrazone groups is 1. The Morgan fingerprint density at radius 3 is 2.90 bits per heavy atom. The number of hydrogen-bond donors (Lipinski definition) is 2. The third kappa shape index (κ3) is 4.26. The molecule has 2 N–H and O–H groups in total. The molecule has 0 saturated carbocycles. The molecule has 2 rings (SSSR count). The lowest BCUT2D eigenvalue weighted by Gasteiger charge is -2.11. The summed E-state index contributed by atoms with van der Waals surface area (Å²) < 4.78 is 1.10. The molecule has 0 fully saturated rings. The predicted molar refractivity (Wildman–Crippen MR) is 88.9 cm³/mol. The highest BCUT2D eigenvalue weighted by molar-refractivity contribution is 7.22. The van der Waals surface area contributed by atoms with Crippen LogP contribution in [0.15, 0.2) is 29.4 Å². The van der Waals surface area contributed by atoms with Gasteiger partial charge in [-0.15, -0.1) is 0 Å². The summed E-state index contributed by atoms with van der Waals surface area (Å²) in [5.74, 6) is -0.162. The number of hydrogen-bond acceptors (Lipinski definition) is 5. The number of benzene rings is 1. The van der Waals surface area contributed by atoms with E-state index in [4.69, 9.17) is 0 Å². The van der Waals surface area contributed by atoms with Gasteiger partial charge in [-0.3, -0.25) is 4.79 Å². The summed E-state index contributed by atoms with van der Waals surface area (Å²) in [6.45, 7) is 5.79. The van der Waals surface area contributed by atoms with Gasteiger partial charge in [0.2, 0.25) is 0 Å². The summed E-state index contributed by atoms with van der Waals surface area (Å²) in [5.41, 5.74) is 4.45. The fraction of sp³-hybridized carbons (Fsp3) is 0.400. The third-order valence-corrected chi connectivity index (χ3v) is 3.96. The summed E-state index contributed by atoms with van der Waals surface area (Å²) >= 11 is 1.54. The maximum absolute atomic E-state index is 12.0. The molecule has 0 unspecified atom stereocenters. The van der Waals surface area contributed by atoms with Crippen molar-refractivity contribution in [2.75, 3.05) is 5.32 Å². The standard InChI is InChI=1S/C15H20N4OS/c1-4-7-10(2)18-19-14(20)11(3)16-15-17-12-8-5-6-9-13(12)21-15/h5-6,8-9,11H,4,7H2,1-3H3,(H,16,17)(H,19,20)/b18-10-/t11-/m0/s1. The third-order valence-electron chi connectivity index (χ3n) is 3.00. The summed E-state index contributed by atoms with van der Waals surface area (Å²) in [6.07, 6.45) is 1.91. The van der Waals surface area contributed by atoms with Gasteiger partial charge in [0.25, 0.3) is 5.91 Å². The first-order valence-corrected chi connectivity index (χ1v) is 7.87. The zero-order valence-corrected chi connectivity index (χ0v) is 13.3. The van der Waals surface area contributed by atoms with Crippen molar-refractivity contribution in [3.05, 3.63) is 24.3 Å². The van der Waals surface area contributed by atoms with Crippen LogP contribution in [-0.4, -0.2) is 22.6 Å². The smallest absolute Gasteiger partial charge is 0.262 e. The molecule has 21 heavy (non-hydrogen) atoms. The minimum Gasteiger partial charge on any atom is -0.350 e. The molecule has 112 valence electrons. The fourth-order valence-corrected chi connectivity index (χ4v) is 2.80. The number of amides is 1. The largest absolute Gasteiger partial charge is 0.350 e. The lowest BCUT2D eigenvalue weighted by Crippen LogP contribution is -2.35. The van der Waals surface area contributed by atoms with E-state index in [-0.39, 0.29) is 11.9 Å². The molecule has 0 radical (unpaired) electrons. The van der Waals surface area contributed by atoms with Gasteiger partial charge in [0.15, 0.2) is 5.13 Å². The normalized spacial score (nSPS) is 13.2. The summed E-state index contributed by atoms with van der Waals surface area (Å²) in [7, 11) is 0. The van der Waals surface area contributed by atoms with Crippen LogP contribution >= 0.6 is 11.3 Å². The molecule has 1 heterocycles. The van der Waals surface area contributed by atoms with Crippen LogP contribution in [0.4, 0.5) is 5.13 Å². The summed E-state index contributed by atoms with van der Waals surface area (Å²) in [5, 5.41) is 7.94. The van der Waals surface area contributed by atoms with Gasteiger partial charge in [-0.25, -0.2) is 10.4 Å². The van der Waals surface area contributed by atoms with Gasteiger partial charge in [-0.05, 0) is 32.4 Å². The Hall–Kier alpha value is -1.95. The predicted octanol–water partition coefficient (Wildman–Crippen LogP) is 3.39. The Labute approximate surface area is 128 Å². The van der Waals surface area contributed by atoms with Gasteiger partial charge in [0.05, 0.1) is 10.2 Å². The Morgan fingerprint density at radius 1 is 1.43 bits per heavy atom. The van der Waals surface area contributed by atoms with Crippen molar-refractivity contribution in [1.29, 1.82) is 0 Å². The number of carbonyl (C=O) groups excluding carboxylic acids is 1. The van der Waals surface area contributed by atoms with E-state index in [1.807, 2.05) is 31.2 Å². The van der Waals surface area contributed by atoms with Crippen LogP contribution < -0.4 is 10.7 Å². The minimum atomic E-state index is -0.385. The van der Waals surface area contributed by atoms with Crippen molar-refractivity contribution in [2.24, 2.45) is 5.10 Å². The maximum Gasteiger partial charge on any atom is 0.262 e. The number of para-hydroxylation sites is 1. The summed E-state index contributed by atoms with van der Waals surface area (Å²) in [6, 6.07) is 7.52. The van der Waals surface area contributed by atoms with E-state index in [2.05, 4.69) is 27.8 Å². The molecule has 1 aromatic heterocycles. The van der Waals surface area contributed by atoms with E-state index in [0.717, 1.165) is 33.9 Å². The van der Waals surface area contributed by atoms with Crippen molar-refractivity contribution in [1.82, 2.24) is 10.4 Å². The Balaban J connectivity index is 1.95. The van der Waals surface area contributed by atoms with Gasteiger partial charge in [0, 0.05) is 5.71 Å². The second kappa shape index (κ2) is 7.17. The van der Waals surface area contributed by atoms with Crippen LogP contribution in [0.25, 0.3) is 10.2 Å².